The van der Waals surface area contributed by atoms with Gasteiger partial charge in [-0.15, -0.1) is 11.3 Å². The average Bonchev–Trinajstić information content (AvgIpc) is 2.79. The van der Waals surface area contributed by atoms with E-state index in [1.807, 2.05) is 13.8 Å². The Balaban J connectivity index is 2.20. The topological polar surface area (TPSA) is 71.1 Å². The third-order valence-electron chi connectivity index (χ3n) is 2.59. The summed E-state index contributed by atoms with van der Waals surface area (Å²) in [6, 6.07) is 5.37. The van der Waals surface area contributed by atoms with E-state index in [1.54, 1.807) is 24.4 Å². The quantitative estimate of drug-likeness (QED) is 0.795. The lowest BCUT2D eigenvalue weighted by Crippen LogP contribution is -2.21. The SMILES string of the molecule is CC(C)NCc1cc(S(=O)(=O)Nc2cccnc2)c(Br)s1. The van der Waals surface area contributed by atoms with Gasteiger partial charge in [0.15, 0.2) is 0 Å². The Hall–Kier alpha value is -0.960. The highest BCUT2D eigenvalue weighted by atomic mass is 79.9. The Kier molecular flexibility index (Phi) is 5.37. The van der Waals surface area contributed by atoms with Gasteiger partial charge in [0, 0.05) is 23.7 Å². The van der Waals surface area contributed by atoms with Crippen molar-refractivity contribution in [2.24, 2.45) is 0 Å². The zero-order valence-corrected chi connectivity index (χ0v) is 14.8. The number of nitrogens with zero attached hydrogens (tertiary/aromatic N) is 1. The van der Waals surface area contributed by atoms with E-state index in [1.165, 1.54) is 17.5 Å². The fourth-order valence-corrected chi connectivity index (χ4v) is 5.28. The van der Waals surface area contributed by atoms with E-state index in [0.29, 0.717) is 22.1 Å². The molecule has 0 aliphatic heterocycles. The lowest BCUT2D eigenvalue weighted by molar-refractivity contribution is 0.592. The van der Waals surface area contributed by atoms with E-state index in [2.05, 4.69) is 31.0 Å². The van der Waals surface area contributed by atoms with Gasteiger partial charge in [-0.25, -0.2) is 8.42 Å². The van der Waals surface area contributed by atoms with Gasteiger partial charge in [-0.2, -0.15) is 0 Å². The van der Waals surface area contributed by atoms with Crippen LogP contribution in [0.2, 0.25) is 0 Å². The molecular formula is C13H16BrN3O2S2. The molecule has 2 N–H and O–H groups in total. The molecule has 0 saturated heterocycles. The van der Waals surface area contributed by atoms with E-state index in [9.17, 15) is 8.42 Å². The number of sulfonamides is 1. The molecule has 2 heterocycles. The van der Waals surface area contributed by atoms with Gasteiger partial charge in [0.25, 0.3) is 10.0 Å². The lowest BCUT2D eigenvalue weighted by Gasteiger charge is -2.06. The number of pyridine rings is 1. The van der Waals surface area contributed by atoms with Crippen LogP contribution < -0.4 is 10.0 Å². The summed E-state index contributed by atoms with van der Waals surface area (Å²) in [7, 11) is -3.62. The van der Waals surface area contributed by atoms with Gasteiger partial charge in [-0.3, -0.25) is 9.71 Å². The van der Waals surface area contributed by atoms with Crippen molar-refractivity contribution in [2.75, 3.05) is 4.72 Å². The third kappa shape index (κ3) is 4.50. The zero-order valence-electron chi connectivity index (χ0n) is 11.6. The zero-order chi connectivity index (χ0) is 15.5. The molecule has 2 aromatic rings. The minimum atomic E-state index is -3.62. The van der Waals surface area contributed by atoms with Crippen molar-refractivity contribution in [3.05, 3.63) is 39.3 Å². The Morgan fingerprint density at radius 2 is 2.19 bits per heavy atom. The highest BCUT2D eigenvalue weighted by Crippen LogP contribution is 2.32. The van der Waals surface area contributed by atoms with Crippen molar-refractivity contribution in [2.45, 2.75) is 31.3 Å². The fraction of sp³-hybridized carbons (Fsp3) is 0.308. The highest BCUT2D eigenvalue weighted by molar-refractivity contribution is 9.11. The number of rotatable bonds is 6. The Morgan fingerprint density at radius 1 is 1.43 bits per heavy atom. The minimum absolute atomic E-state index is 0.247. The number of hydrogen-bond acceptors (Lipinski definition) is 5. The van der Waals surface area contributed by atoms with Crippen molar-refractivity contribution in [3.8, 4) is 0 Å². The van der Waals surface area contributed by atoms with E-state index in [-0.39, 0.29) is 4.90 Å². The van der Waals surface area contributed by atoms with Crippen LogP contribution in [0, 0.1) is 0 Å². The molecule has 8 heteroatoms. The first-order valence-corrected chi connectivity index (χ1v) is 9.42. The molecule has 0 fully saturated rings. The molecule has 0 aliphatic rings. The van der Waals surface area contributed by atoms with Crippen LogP contribution in [-0.2, 0) is 16.6 Å². The average molecular weight is 390 g/mol. The van der Waals surface area contributed by atoms with Crippen molar-refractivity contribution in [3.63, 3.8) is 0 Å². The van der Waals surface area contributed by atoms with Gasteiger partial charge in [0.1, 0.15) is 4.90 Å². The number of thiophene rings is 1. The molecule has 0 bridgehead atoms. The molecule has 0 amide bonds. The number of hydrogen-bond donors (Lipinski definition) is 2. The lowest BCUT2D eigenvalue weighted by atomic mass is 10.4. The van der Waals surface area contributed by atoms with Gasteiger partial charge in [-0.1, -0.05) is 13.8 Å². The molecule has 0 atom stereocenters. The first kappa shape index (κ1) is 16.4. The number of nitrogens with one attached hydrogen (secondary N) is 2. The van der Waals surface area contributed by atoms with Crippen LogP contribution in [0.1, 0.15) is 18.7 Å². The summed E-state index contributed by atoms with van der Waals surface area (Å²) in [5.74, 6) is 0. The minimum Gasteiger partial charge on any atom is -0.310 e. The molecule has 5 nitrogen and oxygen atoms in total. The summed E-state index contributed by atoms with van der Waals surface area (Å²) in [5, 5.41) is 3.27. The van der Waals surface area contributed by atoms with Crippen molar-refractivity contribution in [1.29, 1.82) is 0 Å². The van der Waals surface area contributed by atoms with Crippen LogP contribution in [0.4, 0.5) is 5.69 Å². The molecule has 114 valence electrons. The molecule has 0 unspecified atom stereocenters. The first-order chi connectivity index (χ1) is 9.88. The Morgan fingerprint density at radius 3 is 2.81 bits per heavy atom. The molecule has 0 aliphatic carbocycles. The number of halogens is 1. The standard InChI is InChI=1S/C13H16BrN3O2S2/c1-9(2)16-8-11-6-12(13(14)20-11)21(18,19)17-10-4-3-5-15-7-10/h3-7,9,16-17H,8H2,1-2H3. The number of aromatic nitrogens is 1. The largest absolute Gasteiger partial charge is 0.310 e. The van der Waals surface area contributed by atoms with Crippen LogP contribution in [0.5, 0.6) is 0 Å². The van der Waals surface area contributed by atoms with E-state index < -0.39 is 10.0 Å². The summed E-state index contributed by atoms with van der Waals surface area (Å²) >= 11 is 4.74. The molecule has 0 spiro atoms. The molecule has 2 aromatic heterocycles. The van der Waals surface area contributed by atoms with Gasteiger partial charge >= 0.3 is 0 Å². The second kappa shape index (κ2) is 6.87. The molecule has 0 saturated carbocycles. The van der Waals surface area contributed by atoms with E-state index >= 15 is 0 Å². The van der Waals surface area contributed by atoms with Gasteiger partial charge < -0.3 is 5.32 Å². The van der Waals surface area contributed by atoms with Crippen LogP contribution in [-0.4, -0.2) is 19.4 Å². The molecule has 21 heavy (non-hydrogen) atoms. The van der Waals surface area contributed by atoms with E-state index in [4.69, 9.17) is 0 Å². The van der Waals surface area contributed by atoms with Gasteiger partial charge in [-0.05, 0) is 34.1 Å². The van der Waals surface area contributed by atoms with Crippen LogP contribution >= 0.6 is 27.3 Å². The van der Waals surface area contributed by atoms with Crippen LogP contribution in [0.15, 0.2) is 39.3 Å². The third-order valence-corrected chi connectivity index (χ3v) is 6.23. The highest BCUT2D eigenvalue weighted by Gasteiger charge is 2.21. The second-order valence-corrected chi connectivity index (χ2v) is 8.84. The van der Waals surface area contributed by atoms with Crippen molar-refractivity contribution < 1.29 is 8.42 Å². The molecular weight excluding hydrogens is 374 g/mol. The molecule has 2 rings (SSSR count). The maximum absolute atomic E-state index is 12.4. The van der Waals surface area contributed by atoms with Crippen LogP contribution in [0.3, 0.4) is 0 Å². The Labute approximate surface area is 137 Å². The predicted molar refractivity (Wildman–Crippen MR) is 89.0 cm³/mol. The molecule has 0 radical (unpaired) electrons. The van der Waals surface area contributed by atoms with Crippen LogP contribution in [0.25, 0.3) is 0 Å². The number of anilines is 1. The summed E-state index contributed by atoms with van der Waals surface area (Å²) in [4.78, 5) is 5.10. The maximum atomic E-state index is 12.4. The fourth-order valence-electron chi connectivity index (χ4n) is 1.61. The van der Waals surface area contributed by atoms with Gasteiger partial charge in [0.2, 0.25) is 0 Å². The Bertz CT molecular complexity index is 699. The maximum Gasteiger partial charge on any atom is 0.263 e. The molecule has 0 aromatic carbocycles. The second-order valence-electron chi connectivity index (χ2n) is 4.73. The first-order valence-electron chi connectivity index (χ1n) is 6.33. The van der Waals surface area contributed by atoms with Crippen molar-refractivity contribution in [1.82, 2.24) is 10.3 Å². The van der Waals surface area contributed by atoms with E-state index in [0.717, 1.165) is 4.88 Å². The summed E-state index contributed by atoms with van der Waals surface area (Å²) in [6.45, 7) is 4.73. The summed E-state index contributed by atoms with van der Waals surface area (Å²) < 4.78 is 27.9. The predicted octanol–water partition coefficient (Wildman–Crippen LogP) is 3.20. The van der Waals surface area contributed by atoms with Gasteiger partial charge in [0.05, 0.1) is 15.7 Å². The normalized spacial score (nSPS) is 11.8. The smallest absolute Gasteiger partial charge is 0.263 e. The van der Waals surface area contributed by atoms with Crippen molar-refractivity contribution >= 4 is 43.0 Å². The monoisotopic (exact) mass is 389 g/mol. The summed E-state index contributed by atoms with van der Waals surface area (Å²) in [5.41, 5.74) is 0.442. The summed E-state index contributed by atoms with van der Waals surface area (Å²) in [6.07, 6.45) is 3.06.